The topological polar surface area (TPSA) is 42.0 Å². The van der Waals surface area contributed by atoms with E-state index in [0.29, 0.717) is 10.6 Å². The molecule has 0 aliphatic carbocycles. The minimum Gasteiger partial charge on any atom is -0.355 e. The highest BCUT2D eigenvalue weighted by Crippen LogP contribution is 2.27. The number of benzene rings is 1. The predicted octanol–water partition coefficient (Wildman–Crippen LogP) is 3.25. The Morgan fingerprint density at radius 3 is 2.83 bits per heavy atom. The molecule has 92 valence electrons. The lowest BCUT2D eigenvalue weighted by molar-refractivity contribution is 0.0963. The number of carbonyl (C=O) groups is 1. The van der Waals surface area contributed by atoms with Gasteiger partial charge in [0.05, 0.1) is 5.02 Å². The van der Waals surface area contributed by atoms with E-state index in [1.54, 1.807) is 25.4 Å². The van der Waals surface area contributed by atoms with E-state index >= 15 is 0 Å². The third-order valence-corrected chi connectivity index (χ3v) is 3.41. The van der Waals surface area contributed by atoms with Crippen LogP contribution in [0.3, 0.4) is 0 Å². The molecule has 0 radical (unpaired) electrons. The first-order chi connectivity index (χ1) is 8.69. The molecule has 0 bridgehead atoms. The van der Waals surface area contributed by atoms with Crippen LogP contribution in [0.2, 0.25) is 5.02 Å². The Balaban J connectivity index is 2.19. The van der Waals surface area contributed by atoms with Crippen LogP contribution < -0.4 is 5.32 Å². The largest absolute Gasteiger partial charge is 0.355 e. The SMILES string of the molecule is CNC(=O)c1cccc(Sc2ccc(Cl)cn2)c1. The Hall–Kier alpha value is -1.52. The van der Waals surface area contributed by atoms with Gasteiger partial charge in [0, 0.05) is 23.7 Å². The Labute approximate surface area is 115 Å². The minimum absolute atomic E-state index is 0.0958. The molecule has 1 amide bonds. The number of amides is 1. The maximum absolute atomic E-state index is 11.5. The fraction of sp³-hybridized carbons (Fsp3) is 0.0769. The monoisotopic (exact) mass is 278 g/mol. The summed E-state index contributed by atoms with van der Waals surface area (Å²) in [5.41, 5.74) is 0.636. The van der Waals surface area contributed by atoms with Gasteiger partial charge < -0.3 is 5.32 Å². The fourth-order valence-corrected chi connectivity index (χ4v) is 2.32. The van der Waals surface area contributed by atoms with Crippen molar-refractivity contribution in [2.24, 2.45) is 0 Å². The summed E-state index contributed by atoms with van der Waals surface area (Å²) in [6, 6.07) is 11.0. The molecule has 0 aliphatic rings. The van der Waals surface area contributed by atoms with Crippen molar-refractivity contribution in [3.8, 4) is 0 Å². The molecule has 1 heterocycles. The average molecular weight is 279 g/mol. The van der Waals surface area contributed by atoms with Gasteiger partial charge in [-0.15, -0.1) is 0 Å². The van der Waals surface area contributed by atoms with Crippen molar-refractivity contribution >= 4 is 29.3 Å². The van der Waals surface area contributed by atoms with E-state index in [-0.39, 0.29) is 5.91 Å². The summed E-state index contributed by atoms with van der Waals surface area (Å²) in [5, 5.41) is 4.05. The molecule has 0 spiro atoms. The van der Waals surface area contributed by atoms with Gasteiger partial charge in [0.1, 0.15) is 5.03 Å². The highest BCUT2D eigenvalue weighted by Gasteiger charge is 2.05. The Bertz CT molecular complexity index is 557. The molecule has 18 heavy (non-hydrogen) atoms. The van der Waals surface area contributed by atoms with Gasteiger partial charge in [-0.2, -0.15) is 0 Å². The summed E-state index contributed by atoms with van der Waals surface area (Å²) >= 11 is 7.26. The summed E-state index contributed by atoms with van der Waals surface area (Å²) in [5.74, 6) is -0.0958. The molecule has 0 fully saturated rings. The molecule has 2 aromatic rings. The number of pyridine rings is 1. The molecule has 0 saturated carbocycles. The number of hydrogen-bond acceptors (Lipinski definition) is 3. The maximum Gasteiger partial charge on any atom is 0.251 e. The smallest absolute Gasteiger partial charge is 0.251 e. The number of halogens is 1. The Morgan fingerprint density at radius 2 is 2.17 bits per heavy atom. The molecule has 1 aromatic heterocycles. The molecular formula is C13H11ClN2OS. The van der Waals surface area contributed by atoms with E-state index in [1.165, 1.54) is 11.8 Å². The van der Waals surface area contributed by atoms with Gasteiger partial charge in [0.15, 0.2) is 0 Å². The zero-order valence-electron chi connectivity index (χ0n) is 9.68. The normalized spacial score (nSPS) is 10.1. The molecule has 5 heteroatoms. The number of nitrogens with zero attached hydrogens (tertiary/aromatic N) is 1. The minimum atomic E-state index is -0.0958. The molecule has 0 atom stereocenters. The standard InChI is InChI=1S/C13H11ClN2OS/c1-15-13(17)9-3-2-4-11(7-9)18-12-6-5-10(14)8-16-12/h2-8H,1H3,(H,15,17). The zero-order chi connectivity index (χ0) is 13.0. The van der Waals surface area contributed by atoms with Crippen molar-refractivity contribution in [3.05, 3.63) is 53.2 Å². The van der Waals surface area contributed by atoms with Gasteiger partial charge in [0.25, 0.3) is 5.91 Å². The zero-order valence-corrected chi connectivity index (χ0v) is 11.3. The number of hydrogen-bond donors (Lipinski definition) is 1. The second-order valence-electron chi connectivity index (χ2n) is 3.52. The second-order valence-corrected chi connectivity index (χ2v) is 5.05. The number of rotatable bonds is 3. The van der Waals surface area contributed by atoms with E-state index in [9.17, 15) is 4.79 Å². The molecule has 0 aliphatic heterocycles. The van der Waals surface area contributed by atoms with Crippen molar-refractivity contribution in [2.75, 3.05) is 7.05 Å². The molecule has 3 nitrogen and oxygen atoms in total. The summed E-state index contributed by atoms with van der Waals surface area (Å²) in [6.07, 6.45) is 1.60. The van der Waals surface area contributed by atoms with Crippen LogP contribution in [0.1, 0.15) is 10.4 Å². The summed E-state index contributed by atoms with van der Waals surface area (Å²) in [4.78, 5) is 16.7. The molecule has 1 N–H and O–H groups in total. The van der Waals surface area contributed by atoms with Crippen LogP contribution >= 0.6 is 23.4 Å². The fourth-order valence-electron chi connectivity index (χ4n) is 1.39. The van der Waals surface area contributed by atoms with E-state index in [1.807, 2.05) is 24.3 Å². The third-order valence-electron chi connectivity index (χ3n) is 2.25. The maximum atomic E-state index is 11.5. The molecule has 0 unspecified atom stereocenters. The van der Waals surface area contributed by atoms with Crippen molar-refractivity contribution in [1.82, 2.24) is 10.3 Å². The van der Waals surface area contributed by atoms with Crippen molar-refractivity contribution in [2.45, 2.75) is 9.92 Å². The van der Waals surface area contributed by atoms with Gasteiger partial charge in [-0.3, -0.25) is 4.79 Å². The third kappa shape index (κ3) is 3.24. The second kappa shape index (κ2) is 5.89. The van der Waals surface area contributed by atoms with Crippen LogP contribution in [0, 0.1) is 0 Å². The van der Waals surface area contributed by atoms with Gasteiger partial charge in [-0.05, 0) is 30.3 Å². The van der Waals surface area contributed by atoms with E-state index in [2.05, 4.69) is 10.3 Å². The highest BCUT2D eigenvalue weighted by atomic mass is 35.5. The summed E-state index contributed by atoms with van der Waals surface area (Å²) in [7, 11) is 1.61. The Kier molecular flexibility index (Phi) is 4.23. The molecule has 1 aromatic carbocycles. The lowest BCUT2D eigenvalue weighted by Crippen LogP contribution is -2.17. The van der Waals surface area contributed by atoms with Crippen LogP contribution in [0.25, 0.3) is 0 Å². The number of carbonyl (C=O) groups excluding carboxylic acids is 1. The Morgan fingerprint density at radius 1 is 1.33 bits per heavy atom. The lowest BCUT2D eigenvalue weighted by Gasteiger charge is -2.04. The number of nitrogens with one attached hydrogen (secondary N) is 1. The predicted molar refractivity (Wildman–Crippen MR) is 73.2 cm³/mol. The van der Waals surface area contributed by atoms with Gasteiger partial charge in [-0.1, -0.05) is 29.4 Å². The van der Waals surface area contributed by atoms with Gasteiger partial charge >= 0.3 is 0 Å². The van der Waals surface area contributed by atoms with Gasteiger partial charge in [-0.25, -0.2) is 4.98 Å². The molecule has 0 saturated heterocycles. The van der Waals surface area contributed by atoms with Crippen molar-refractivity contribution in [1.29, 1.82) is 0 Å². The average Bonchev–Trinajstić information content (AvgIpc) is 2.41. The van der Waals surface area contributed by atoms with Crippen LogP contribution in [0.5, 0.6) is 0 Å². The summed E-state index contributed by atoms with van der Waals surface area (Å²) < 4.78 is 0. The number of aromatic nitrogens is 1. The van der Waals surface area contributed by atoms with Crippen molar-refractivity contribution < 1.29 is 4.79 Å². The quantitative estimate of drug-likeness (QED) is 0.937. The molecular weight excluding hydrogens is 268 g/mol. The lowest BCUT2D eigenvalue weighted by atomic mass is 10.2. The summed E-state index contributed by atoms with van der Waals surface area (Å²) in [6.45, 7) is 0. The van der Waals surface area contributed by atoms with Crippen molar-refractivity contribution in [3.63, 3.8) is 0 Å². The highest BCUT2D eigenvalue weighted by molar-refractivity contribution is 7.99. The first-order valence-corrected chi connectivity index (χ1v) is 6.50. The van der Waals surface area contributed by atoms with Crippen LogP contribution in [-0.4, -0.2) is 17.9 Å². The first-order valence-electron chi connectivity index (χ1n) is 5.30. The van der Waals surface area contributed by atoms with Crippen LogP contribution in [-0.2, 0) is 0 Å². The van der Waals surface area contributed by atoms with E-state index in [4.69, 9.17) is 11.6 Å². The van der Waals surface area contributed by atoms with E-state index < -0.39 is 0 Å². The van der Waals surface area contributed by atoms with Crippen LogP contribution in [0.4, 0.5) is 0 Å². The van der Waals surface area contributed by atoms with Gasteiger partial charge in [0.2, 0.25) is 0 Å². The van der Waals surface area contributed by atoms with E-state index in [0.717, 1.165) is 9.92 Å². The van der Waals surface area contributed by atoms with Crippen LogP contribution in [0.15, 0.2) is 52.5 Å². The first kappa shape index (κ1) is 12.9. The molecule has 2 rings (SSSR count).